The lowest BCUT2D eigenvalue weighted by molar-refractivity contribution is -0.0352. The molecule has 2 heterocycles. The van der Waals surface area contributed by atoms with Crippen molar-refractivity contribution in [3.05, 3.63) is 48.0 Å². The molecule has 2 aromatic rings. The summed E-state index contributed by atoms with van der Waals surface area (Å²) in [5, 5.41) is 11.6. The van der Waals surface area contributed by atoms with Crippen LogP contribution in [0.25, 0.3) is 5.69 Å². The SMILES string of the molecule is CN=C(NCCc1ccn(-c2ccc(F)cc2)n1)NCC1(N2CCOCC2)CCCCC1. The smallest absolute Gasteiger partial charge is 0.191 e. The molecule has 1 aliphatic carbocycles. The number of morpholine rings is 1. The Morgan fingerprint density at radius 2 is 1.84 bits per heavy atom. The highest BCUT2D eigenvalue weighted by Gasteiger charge is 2.38. The van der Waals surface area contributed by atoms with Crippen LogP contribution in [0.4, 0.5) is 4.39 Å². The normalized spacial score (nSPS) is 19.6. The second kappa shape index (κ2) is 10.9. The van der Waals surface area contributed by atoms with Crippen LogP contribution in [0.2, 0.25) is 0 Å². The van der Waals surface area contributed by atoms with Crippen molar-refractivity contribution in [2.45, 2.75) is 44.1 Å². The van der Waals surface area contributed by atoms with E-state index in [-0.39, 0.29) is 11.4 Å². The van der Waals surface area contributed by atoms with Crippen LogP contribution in [0.1, 0.15) is 37.8 Å². The number of hydrogen-bond donors (Lipinski definition) is 2. The van der Waals surface area contributed by atoms with Gasteiger partial charge in [0, 0.05) is 51.4 Å². The number of guanidine groups is 1. The van der Waals surface area contributed by atoms with E-state index in [0.29, 0.717) is 0 Å². The number of hydrogen-bond acceptors (Lipinski definition) is 4. The second-order valence-electron chi connectivity index (χ2n) is 8.72. The quantitative estimate of drug-likeness (QED) is 0.510. The van der Waals surface area contributed by atoms with E-state index in [2.05, 4.69) is 25.6 Å². The van der Waals surface area contributed by atoms with Crippen molar-refractivity contribution in [2.75, 3.05) is 46.4 Å². The molecule has 2 aliphatic rings. The van der Waals surface area contributed by atoms with Gasteiger partial charge in [0.05, 0.1) is 24.6 Å². The fourth-order valence-electron chi connectivity index (χ4n) is 4.86. The lowest BCUT2D eigenvalue weighted by Crippen LogP contribution is -2.60. The maximum Gasteiger partial charge on any atom is 0.191 e. The number of nitrogens with zero attached hydrogens (tertiary/aromatic N) is 4. The van der Waals surface area contributed by atoms with E-state index >= 15 is 0 Å². The second-order valence-corrected chi connectivity index (χ2v) is 8.72. The predicted octanol–water partition coefficient (Wildman–Crippen LogP) is 2.75. The molecular formula is C24H35FN6O. The van der Waals surface area contributed by atoms with Gasteiger partial charge in [-0.3, -0.25) is 9.89 Å². The number of halogens is 1. The molecule has 1 saturated heterocycles. The minimum Gasteiger partial charge on any atom is -0.379 e. The molecule has 32 heavy (non-hydrogen) atoms. The highest BCUT2D eigenvalue weighted by atomic mass is 19.1. The number of benzene rings is 1. The van der Waals surface area contributed by atoms with Gasteiger partial charge in [-0.2, -0.15) is 5.10 Å². The highest BCUT2D eigenvalue weighted by molar-refractivity contribution is 5.79. The van der Waals surface area contributed by atoms with Crippen LogP contribution in [-0.4, -0.2) is 72.6 Å². The van der Waals surface area contributed by atoms with Crippen LogP contribution in [0, 0.1) is 5.82 Å². The monoisotopic (exact) mass is 442 g/mol. The lowest BCUT2D eigenvalue weighted by atomic mass is 9.80. The maximum absolute atomic E-state index is 13.1. The van der Waals surface area contributed by atoms with Crippen LogP contribution < -0.4 is 10.6 Å². The molecule has 0 spiro atoms. The summed E-state index contributed by atoms with van der Waals surface area (Å²) >= 11 is 0. The van der Waals surface area contributed by atoms with Gasteiger partial charge >= 0.3 is 0 Å². The summed E-state index contributed by atoms with van der Waals surface area (Å²) in [5.74, 6) is 0.592. The Bertz CT molecular complexity index is 869. The van der Waals surface area contributed by atoms with Crippen LogP contribution in [0.15, 0.2) is 41.5 Å². The maximum atomic E-state index is 13.1. The van der Waals surface area contributed by atoms with E-state index in [9.17, 15) is 4.39 Å². The first-order valence-electron chi connectivity index (χ1n) is 11.8. The average molecular weight is 443 g/mol. The van der Waals surface area contributed by atoms with Gasteiger partial charge in [-0.1, -0.05) is 19.3 Å². The molecule has 0 amide bonds. The van der Waals surface area contributed by atoms with Crippen LogP contribution in [0.3, 0.4) is 0 Å². The summed E-state index contributed by atoms with van der Waals surface area (Å²) in [6.45, 7) is 5.35. The molecule has 1 aromatic heterocycles. The minimum atomic E-state index is -0.243. The molecule has 4 rings (SSSR count). The molecule has 0 unspecified atom stereocenters. The molecule has 1 aromatic carbocycles. The summed E-state index contributed by atoms with van der Waals surface area (Å²) in [6, 6.07) is 8.35. The summed E-state index contributed by atoms with van der Waals surface area (Å²) in [6.07, 6.45) is 9.08. The largest absolute Gasteiger partial charge is 0.379 e. The van der Waals surface area contributed by atoms with Crippen LogP contribution >= 0.6 is 0 Å². The van der Waals surface area contributed by atoms with Crippen molar-refractivity contribution in [3.8, 4) is 5.69 Å². The third-order valence-electron chi connectivity index (χ3n) is 6.68. The van der Waals surface area contributed by atoms with Crippen molar-refractivity contribution in [3.63, 3.8) is 0 Å². The Morgan fingerprint density at radius 1 is 1.09 bits per heavy atom. The van der Waals surface area contributed by atoms with Crippen molar-refractivity contribution in [2.24, 2.45) is 4.99 Å². The van der Waals surface area contributed by atoms with Gasteiger partial charge in [-0.15, -0.1) is 0 Å². The lowest BCUT2D eigenvalue weighted by Gasteiger charge is -2.48. The Balaban J connectivity index is 1.28. The topological polar surface area (TPSA) is 66.7 Å². The van der Waals surface area contributed by atoms with E-state index < -0.39 is 0 Å². The van der Waals surface area contributed by atoms with Gasteiger partial charge in [0.25, 0.3) is 0 Å². The molecule has 174 valence electrons. The van der Waals surface area contributed by atoms with Crippen molar-refractivity contribution in [1.82, 2.24) is 25.3 Å². The van der Waals surface area contributed by atoms with Crippen molar-refractivity contribution in [1.29, 1.82) is 0 Å². The molecule has 0 atom stereocenters. The molecule has 2 N–H and O–H groups in total. The zero-order chi connectivity index (χ0) is 22.2. The molecule has 7 nitrogen and oxygen atoms in total. The molecule has 1 aliphatic heterocycles. The Morgan fingerprint density at radius 3 is 2.56 bits per heavy atom. The molecule has 1 saturated carbocycles. The minimum absolute atomic E-state index is 0.202. The molecular weight excluding hydrogens is 407 g/mol. The van der Waals surface area contributed by atoms with E-state index in [1.54, 1.807) is 16.8 Å². The number of nitrogens with one attached hydrogen (secondary N) is 2. The molecule has 0 bridgehead atoms. The van der Waals surface area contributed by atoms with E-state index in [4.69, 9.17) is 4.74 Å². The fourth-order valence-corrected chi connectivity index (χ4v) is 4.86. The first-order valence-corrected chi connectivity index (χ1v) is 11.8. The molecule has 8 heteroatoms. The predicted molar refractivity (Wildman–Crippen MR) is 125 cm³/mol. The van der Waals surface area contributed by atoms with Gasteiger partial charge in [0.1, 0.15) is 5.82 Å². The van der Waals surface area contributed by atoms with Gasteiger partial charge in [-0.25, -0.2) is 9.07 Å². The Kier molecular flexibility index (Phi) is 7.76. The first-order chi connectivity index (χ1) is 15.7. The highest BCUT2D eigenvalue weighted by Crippen LogP contribution is 2.33. The summed E-state index contributed by atoms with van der Waals surface area (Å²) < 4.78 is 20.5. The first kappa shape index (κ1) is 22.7. The standard InChI is InChI=1S/C24H35FN6O/c1-26-23(28-19-24(11-3-2-4-12-24)30-15-17-32-18-16-30)27-13-9-21-10-14-31(29-21)22-7-5-20(25)6-8-22/h5-8,10,14H,2-4,9,11-13,15-19H2,1H3,(H2,26,27,28). The average Bonchev–Trinajstić information content (AvgIpc) is 3.32. The number of aromatic nitrogens is 2. The third-order valence-corrected chi connectivity index (χ3v) is 6.68. The van der Waals surface area contributed by atoms with Gasteiger partial charge in [0.2, 0.25) is 0 Å². The van der Waals surface area contributed by atoms with E-state index in [0.717, 1.165) is 63.2 Å². The number of aliphatic imine (C=N–C) groups is 1. The van der Waals surface area contributed by atoms with Crippen molar-refractivity contribution >= 4 is 5.96 Å². The van der Waals surface area contributed by atoms with Gasteiger partial charge < -0.3 is 15.4 Å². The Labute approximate surface area is 190 Å². The summed E-state index contributed by atoms with van der Waals surface area (Å²) in [4.78, 5) is 7.07. The third kappa shape index (κ3) is 5.66. The number of ether oxygens (including phenoxy) is 1. The number of rotatable bonds is 7. The summed E-state index contributed by atoms with van der Waals surface area (Å²) in [7, 11) is 1.82. The van der Waals surface area contributed by atoms with Crippen LogP contribution in [0.5, 0.6) is 0 Å². The summed E-state index contributed by atoms with van der Waals surface area (Å²) in [5.41, 5.74) is 2.03. The van der Waals surface area contributed by atoms with Crippen LogP contribution in [-0.2, 0) is 11.2 Å². The molecule has 2 fully saturated rings. The van der Waals surface area contributed by atoms with Crippen molar-refractivity contribution < 1.29 is 9.13 Å². The van der Waals surface area contributed by atoms with Gasteiger partial charge in [-0.05, 0) is 43.2 Å². The zero-order valence-electron chi connectivity index (χ0n) is 19.0. The van der Waals surface area contributed by atoms with E-state index in [1.165, 1.54) is 44.2 Å². The Hall–Kier alpha value is -2.45. The van der Waals surface area contributed by atoms with E-state index in [1.807, 2.05) is 19.3 Å². The van der Waals surface area contributed by atoms with Gasteiger partial charge in [0.15, 0.2) is 5.96 Å². The zero-order valence-corrected chi connectivity index (χ0v) is 19.0. The molecule has 0 radical (unpaired) electrons. The fraction of sp³-hybridized carbons (Fsp3) is 0.583.